The van der Waals surface area contributed by atoms with E-state index in [0.717, 1.165) is 52.1 Å². The average Bonchev–Trinajstić information content (AvgIpc) is 2.34. The van der Waals surface area contributed by atoms with Gasteiger partial charge in [0, 0.05) is 26.3 Å². The summed E-state index contributed by atoms with van der Waals surface area (Å²) in [7, 11) is 0. The summed E-state index contributed by atoms with van der Waals surface area (Å²) in [6, 6.07) is 0. The molecule has 0 aromatic heterocycles. The fourth-order valence-corrected chi connectivity index (χ4v) is 1.92. The molecule has 1 atom stereocenters. The second-order valence-corrected chi connectivity index (χ2v) is 5.16. The lowest BCUT2D eigenvalue weighted by Crippen LogP contribution is -2.40. The van der Waals surface area contributed by atoms with Crippen molar-refractivity contribution in [3.63, 3.8) is 0 Å². The molecule has 1 aliphatic heterocycles. The van der Waals surface area contributed by atoms with Gasteiger partial charge in [-0.05, 0) is 31.7 Å². The van der Waals surface area contributed by atoms with Crippen LogP contribution in [0.25, 0.3) is 0 Å². The molecule has 4 nitrogen and oxygen atoms in total. The minimum atomic E-state index is 0.167. The van der Waals surface area contributed by atoms with E-state index >= 15 is 0 Å². The van der Waals surface area contributed by atoms with Crippen molar-refractivity contribution in [1.82, 2.24) is 10.6 Å². The highest BCUT2D eigenvalue weighted by atomic mass is 16.5. The molecule has 1 rings (SSSR count). The third-order valence-corrected chi connectivity index (χ3v) is 2.88. The SMILES string of the molecule is CC(C)COCCCNC(=O)[C@@H]1CCCNC1. The number of rotatable bonds is 7. The van der Waals surface area contributed by atoms with E-state index in [1.54, 1.807) is 0 Å². The Balaban J connectivity index is 1.96. The van der Waals surface area contributed by atoms with Crippen LogP contribution in [-0.2, 0) is 9.53 Å². The summed E-state index contributed by atoms with van der Waals surface area (Å²) >= 11 is 0. The number of hydrogen-bond acceptors (Lipinski definition) is 3. The van der Waals surface area contributed by atoms with Crippen LogP contribution in [0.1, 0.15) is 33.1 Å². The van der Waals surface area contributed by atoms with Gasteiger partial charge in [0.1, 0.15) is 0 Å². The number of carbonyl (C=O) groups excluding carboxylic acids is 1. The van der Waals surface area contributed by atoms with Gasteiger partial charge in [-0.1, -0.05) is 13.8 Å². The first kappa shape index (κ1) is 14.5. The van der Waals surface area contributed by atoms with Gasteiger partial charge < -0.3 is 15.4 Å². The van der Waals surface area contributed by atoms with Crippen molar-refractivity contribution in [2.75, 3.05) is 32.8 Å². The van der Waals surface area contributed by atoms with Gasteiger partial charge in [-0.15, -0.1) is 0 Å². The smallest absolute Gasteiger partial charge is 0.224 e. The molecule has 0 aromatic carbocycles. The van der Waals surface area contributed by atoms with Crippen LogP contribution < -0.4 is 10.6 Å². The zero-order valence-corrected chi connectivity index (χ0v) is 11.1. The van der Waals surface area contributed by atoms with Crippen LogP contribution in [-0.4, -0.2) is 38.8 Å². The van der Waals surface area contributed by atoms with Crippen LogP contribution in [0.3, 0.4) is 0 Å². The number of nitrogens with one attached hydrogen (secondary N) is 2. The van der Waals surface area contributed by atoms with Crippen LogP contribution >= 0.6 is 0 Å². The molecule has 100 valence electrons. The minimum Gasteiger partial charge on any atom is -0.381 e. The lowest BCUT2D eigenvalue weighted by molar-refractivity contribution is -0.125. The molecule has 1 saturated heterocycles. The highest BCUT2D eigenvalue weighted by Crippen LogP contribution is 2.09. The zero-order valence-electron chi connectivity index (χ0n) is 11.1. The minimum absolute atomic E-state index is 0.167. The van der Waals surface area contributed by atoms with Crippen molar-refractivity contribution < 1.29 is 9.53 Å². The molecule has 0 unspecified atom stereocenters. The molecule has 4 heteroatoms. The van der Waals surface area contributed by atoms with E-state index in [1.807, 2.05) is 0 Å². The topological polar surface area (TPSA) is 50.4 Å². The van der Waals surface area contributed by atoms with Gasteiger partial charge in [-0.3, -0.25) is 4.79 Å². The largest absolute Gasteiger partial charge is 0.381 e. The second-order valence-electron chi connectivity index (χ2n) is 5.16. The van der Waals surface area contributed by atoms with Crippen LogP contribution in [0.4, 0.5) is 0 Å². The highest BCUT2D eigenvalue weighted by molar-refractivity contribution is 5.78. The van der Waals surface area contributed by atoms with Gasteiger partial charge in [-0.25, -0.2) is 0 Å². The van der Waals surface area contributed by atoms with Gasteiger partial charge >= 0.3 is 0 Å². The molecular formula is C13H26N2O2. The molecule has 0 saturated carbocycles. The van der Waals surface area contributed by atoms with Crippen LogP contribution in [0.5, 0.6) is 0 Å². The molecule has 0 spiro atoms. The predicted molar refractivity (Wildman–Crippen MR) is 68.9 cm³/mol. The molecule has 1 aliphatic rings. The monoisotopic (exact) mass is 242 g/mol. The summed E-state index contributed by atoms with van der Waals surface area (Å²) < 4.78 is 5.46. The number of hydrogen-bond donors (Lipinski definition) is 2. The summed E-state index contributed by atoms with van der Waals surface area (Å²) in [5.74, 6) is 0.944. The number of carbonyl (C=O) groups is 1. The van der Waals surface area contributed by atoms with Crippen molar-refractivity contribution in [3.05, 3.63) is 0 Å². The number of ether oxygens (including phenoxy) is 1. The molecule has 0 aromatic rings. The maximum atomic E-state index is 11.7. The summed E-state index contributed by atoms with van der Waals surface area (Å²) in [5, 5.41) is 6.23. The van der Waals surface area contributed by atoms with Gasteiger partial charge in [0.25, 0.3) is 0 Å². The van der Waals surface area contributed by atoms with Crippen molar-refractivity contribution in [2.45, 2.75) is 33.1 Å². The summed E-state index contributed by atoms with van der Waals surface area (Å²) in [6.45, 7) is 8.42. The molecule has 0 aliphatic carbocycles. The lowest BCUT2D eigenvalue weighted by Gasteiger charge is -2.21. The Morgan fingerprint density at radius 3 is 3.00 bits per heavy atom. The van der Waals surface area contributed by atoms with E-state index in [4.69, 9.17) is 4.74 Å². The summed E-state index contributed by atoms with van der Waals surface area (Å²) in [5.41, 5.74) is 0. The Morgan fingerprint density at radius 1 is 1.53 bits per heavy atom. The average molecular weight is 242 g/mol. The van der Waals surface area contributed by atoms with Crippen LogP contribution in [0.2, 0.25) is 0 Å². The standard InChI is InChI=1S/C13H26N2O2/c1-11(2)10-17-8-4-7-15-13(16)12-5-3-6-14-9-12/h11-12,14H,3-10H2,1-2H3,(H,15,16)/t12-/m1/s1. The van der Waals surface area contributed by atoms with E-state index in [-0.39, 0.29) is 11.8 Å². The van der Waals surface area contributed by atoms with E-state index in [9.17, 15) is 4.79 Å². The molecule has 0 bridgehead atoms. The number of piperidine rings is 1. The highest BCUT2D eigenvalue weighted by Gasteiger charge is 2.19. The molecule has 0 radical (unpaired) electrons. The van der Waals surface area contributed by atoms with Crippen molar-refractivity contribution in [1.29, 1.82) is 0 Å². The molecule has 2 N–H and O–H groups in total. The third kappa shape index (κ3) is 6.64. The van der Waals surface area contributed by atoms with E-state index in [1.165, 1.54) is 0 Å². The predicted octanol–water partition coefficient (Wildman–Crippen LogP) is 1.16. The summed E-state index contributed by atoms with van der Waals surface area (Å²) in [4.78, 5) is 11.7. The molecule has 1 fully saturated rings. The van der Waals surface area contributed by atoms with Crippen molar-refractivity contribution in [2.24, 2.45) is 11.8 Å². The van der Waals surface area contributed by atoms with Crippen LogP contribution in [0.15, 0.2) is 0 Å². The molecular weight excluding hydrogens is 216 g/mol. The van der Waals surface area contributed by atoms with Crippen molar-refractivity contribution in [3.8, 4) is 0 Å². The molecule has 1 amide bonds. The van der Waals surface area contributed by atoms with Gasteiger partial charge in [0.2, 0.25) is 5.91 Å². The second kappa shape index (κ2) is 8.48. The normalized spacial score (nSPS) is 20.5. The zero-order chi connectivity index (χ0) is 12.5. The Kier molecular flexibility index (Phi) is 7.21. The Morgan fingerprint density at radius 2 is 2.35 bits per heavy atom. The maximum absolute atomic E-state index is 11.7. The van der Waals surface area contributed by atoms with E-state index in [0.29, 0.717) is 5.92 Å². The van der Waals surface area contributed by atoms with Crippen molar-refractivity contribution >= 4 is 5.91 Å². The van der Waals surface area contributed by atoms with Gasteiger partial charge in [-0.2, -0.15) is 0 Å². The third-order valence-electron chi connectivity index (χ3n) is 2.88. The van der Waals surface area contributed by atoms with Gasteiger partial charge in [0.15, 0.2) is 0 Å². The van der Waals surface area contributed by atoms with Gasteiger partial charge in [0.05, 0.1) is 5.92 Å². The fraction of sp³-hybridized carbons (Fsp3) is 0.923. The van der Waals surface area contributed by atoms with Crippen LogP contribution in [0, 0.1) is 11.8 Å². The van der Waals surface area contributed by atoms with E-state index < -0.39 is 0 Å². The summed E-state index contributed by atoms with van der Waals surface area (Å²) in [6.07, 6.45) is 3.02. The first-order chi connectivity index (χ1) is 8.20. The number of amides is 1. The quantitative estimate of drug-likeness (QED) is 0.659. The molecule has 1 heterocycles. The first-order valence-corrected chi connectivity index (χ1v) is 6.76. The van der Waals surface area contributed by atoms with E-state index in [2.05, 4.69) is 24.5 Å². The Bertz CT molecular complexity index is 213. The Hall–Kier alpha value is -0.610. The Labute approximate surface area is 104 Å². The maximum Gasteiger partial charge on any atom is 0.224 e. The fourth-order valence-electron chi connectivity index (χ4n) is 1.92. The molecule has 17 heavy (non-hydrogen) atoms. The lowest BCUT2D eigenvalue weighted by atomic mass is 9.99. The first-order valence-electron chi connectivity index (χ1n) is 6.76.